The van der Waals surface area contributed by atoms with E-state index in [1.807, 2.05) is 0 Å². The Labute approximate surface area is 132 Å². The molecule has 5 rings (SSSR count). The predicted molar refractivity (Wildman–Crippen MR) is 86.7 cm³/mol. The van der Waals surface area contributed by atoms with Crippen LogP contribution in [0.5, 0.6) is 0 Å². The van der Waals surface area contributed by atoms with Crippen molar-refractivity contribution in [3.8, 4) is 0 Å². The number of aliphatic carboxylic acids is 1. The lowest BCUT2D eigenvalue weighted by molar-refractivity contribution is -0.185. The van der Waals surface area contributed by atoms with E-state index >= 15 is 0 Å². The molecule has 4 saturated carbocycles. The third kappa shape index (κ3) is 1.76. The van der Waals surface area contributed by atoms with E-state index in [9.17, 15) is 9.90 Å². The van der Waals surface area contributed by atoms with Crippen molar-refractivity contribution < 1.29 is 9.90 Å². The SMILES string of the molecule is CC(C)C12CC3CC(C(=O)O)(CC(c4ccccc4)(C3)C1)C2. The van der Waals surface area contributed by atoms with E-state index in [-0.39, 0.29) is 10.8 Å². The van der Waals surface area contributed by atoms with E-state index < -0.39 is 11.4 Å². The van der Waals surface area contributed by atoms with Gasteiger partial charge in [0.05, 0.1) is 5.41 Å². The second-order valence-electron chi connectivity index (χ2n) is 8.76. The summed E-state index contributed by atoms with van der Waals surface area (Å²) in [4.78, 5) is 12.2. The summed E-state index contributed by atoms with van der Waals surface area (Å²) in [5, 5.41) is 10.0. The van der Waals surface area contributed by atoms with E-state index in [4.69, 9.17) is 0 Å². The smallest absolute Gasteiger partial charge is 0.309 e. The van der Waals surface area contributed by atoms with Crippen molar-refractivity contribution in [2.75, 3.05) is 0 Å². The lowest BCUT2D eigenvalue weighted by Gasteiger charge is -2.67. The zero-order chi connectivity index (χ0) is 15.6. The molecule has 0 amide bonds. The van der Waals surface area contributed by atoms with Crippen LogP contribution < -0.4 is 0 Å². The topological polar surface area (TPSA) is 37.3 Å². The van der Waals surface area contributed by atoms with Crippen LogP contribution in [-0.2, 0) is 10.2 Å². The lowest BCUT2D eigenvalue weighted by atomic mass is 9.37. The number of hydrogen-bond donors (Lipinski definition) is 1. The maximum Gasteiger partial charge on any atom is 0.309 e. The van der Waals surface area contributed by atoms with E-state index in [1.165, 1.54) is 24.8 Å². The average Bonchev–Trinajstić information content (AvgIpc) is 2.46. The zero-order valence-electron chi connectivity index (χ0n) is 13.6. The van der Waals surface area contributed by atoms with Crippen molar-refractivity contribution in [3.63, 3.8) is 0 Å². The molecule has 0 radical (unpaired) electrons. The molecule has 4 atom stereocenters. The van der Waals surface area contributed by atoms with Crippen LogP contribution in [0, 0.1) is 22.7 Å². The summed E-state index contributed by atoms with van der Waals surface area (Å²) < 4.78 is 0. The molecule has 2 nitrogen and oxygen atoms in total. The molecular formula is C20H26O2. The number of hydrogen-bond acceptors (Lipinski definition) is 1. The Morgan fingerprint density at radius 1 is 1.09 bits per heavy atom. The Bertz CT molecular complexity index is 607. The maximum absolute atomic E-state index is 12.2. The van der Waals surface area contributed by atoms with Gasteiger partial charge < -0.3 is 5.11 Å². The molecule has 4 aliphatic carbocycles. The summed E-state index contributed by atoms with van der Waals surface area (Å²) in [6.45, 7) is 4.61. The van der Waals surface area contributed by atoms with Crippen molar-refractivity contribution >= 4 is 5.97 Å². The normalized spacial score (nSPS) is 42.8. The molecule has 0 aromatic heterocycles. The molecule has 0 saturated heterocycles. The van der Waals surface area contributed by atoms with E-state index in [1.54, 1.807) is 0 Å². The first-order valence-corrected chi connectivity index (χ1v) is 8.69. The quantitative estimate of drug-likeness (QED) is 0.883. The molecule has 1 aromatic carbocycles. The molecular weight excluding hydrogens is 272 g/mol. The van der Waals surface area contributed by atoms with Gasteiger partial charge in [-0.1, -0.05) is 44.2 Å². The first-order valence-electron chi connectivity index (χ1n) is 8.69. The van der Waals surface area contributed by atoms with Gasteiger partial charge in [0, 0.05) is 0 Å². The monoisotopic (exact) mass is 298 g/mol. The summed E-state index contributed by atoms with van der Waals surface area (Å²) in [6, 6.07) is 10.8. The van der Waals surface area contributed by atoms with Gasteiger partial charge in [-0.15, -0.1) is 0 Å². The Kier molecular flexibility index (Phi) is 2.84. The molecule has 4 unspecified atom stereocenters. The Hall–Kier alpha value is -1.31. The lowest BCUT2D eigenvalue weighted by Crippen LogP contribution is -2.62. The van der Waals surface area contributed by atoms with E-state index in [0.717, 1.165) is 19.3 Å². The Morgan fingerprint density at radius 3 is 2.45 bits per heavy atom. The molecule has 1 aromatic rings. The third-order valence-corrected chi connectivity index (χ3v) is 7.18. The number of carbonyl (C=O) groups is 1. The van der Waals surface area contributed by atoms with Crippen LogP contribution in [0.15, 0.2) is 30.3 Å². The molecule has 118 valence electrons. The van der Waals surface area contributed by atoms with Crippen molar-refractivity contribution in [1.82, 2.24) is 0 Å². The maximum atomic E-state index is 12.2. The molecule has 0 spiro atoms. The van der Waals surface area contributed by atoms with Crippen molar-refractivity contribution in [2.45, 2.75) is 57.8 Å². The largest absolute Gasteiger partial charge is 0.481 e. The predicted octanol–water partition coefficient (Wildman–Crippen LogP) is 4.64. The van der Waals surface area contributed by atoms with Gasteiger partial charge in [-0.05, 0) is 66.8 Å². The summed E-state index contributed by atoms with van der Waals surface area (Å²) in [5.74, 6) is 0.620. The fraction of sp³-hybridized carbons (Fsp3) is 0.650. The van der Waals surface area contributed by atoms with Gasteiger partial charge in [-0.25, -0.2) is 0 Å². The first-order chi connectivity index (χ1) is 10.4. The van der Waals surface area contributed by atoms with Crippen molar-refractivity contribution in [2.24, 2.45) is 22.7 Å². The minimum Gasteiger partial charge on any atom is -0.481 e. The molecule has 4 bridgehead atoms. The van der Waals surface area contributed by atoms with E-state index in [0.29, 0.717) is 11.8 Å². The molecule has 4 fully saturated rings. The Balaban J connectivity index is 1.86. The number of rotatable bonds is 3. The fourth-order valence-electron chi connectivity index (χ4n) is 6.51. The number of benzene rings is 1. The summed E-state index contributed by atoms with van der Waals surface area (Å²) in [5.41, 5.74) is 1.24. The van der Waals surface area contributed by atoms with Crippen LogP contribution in [0.2, 0.25) is 0 Å². The van der Waals surface area contributed by atoms with Crippen LogP contribution in [0.4, 0.5) is 0 Å². The van der Waals surface area contributed by atoms with Gasteiger partial charge in [0.1, 0.15) is 0 Å². The van der Waals surface area contributed by atoms with Crippen LogP contribution in [0.25, 0.3) is 0 Å². The highest BCUT2D eigenvalue weighted by Crippen LogP contribution is 2.71. The second kappa shape index (κ2) is 4.37. The van der Waals surface area contributed by atoms with E-state index in [2.05, 4.69) is 44.2 Å². The van der Waals surface area contributed by atoms with Crippen LogP contribution in [0.1, 0.15) is 57.9 Å². The molecule has 22 heavy (non-hydrogen) atoms. The number of carboxylic acids is 1. The highest BCUT2D eigenvalue weighted by Gasteiger charge is 2.66. The van der Waals surface area contributed by atoms with Gasteiger partial charge in [-0.3, -0.25) is 4.79 Å². The highest BCUT2D eigenvalue weighted by molar-refractivity contribution is 5.76. The fourth-order valence-corrected chi connectivity index (χ4v) is 6.51. The number of carboxylic acid groups (broad SMARTS) is 1. The van der Waals surface area contributed by atoms with Gasteiger partial charge in [-0.2, -0.15) is 0 Å². The second-order valence-corrected chi connectivity index (χ2v) is 8.76. The molecule has 1 N–H and O–H groups in total. The third-order valence-electron chi connectivity index (χ3n) is 7.18. The zero-order valence-corrected chi connectivity index (χ0v) is 13.6. The van der Waals surface area contributed by atoms with Crippen molar-refractivity contribution in [3.05, 3.63) is 35.9 Å². The summed E-state index contributed by atoms with van der Waals surface area (Å²) in [6.07, 6.45) is 6.29. The van der Waals surface area contributed by atoms with Gasteiger partial charge >= 0.3 is 5.97 Å². The van der Waals surface area contributed by atoms with Crippen LogP contribution in [0.3, 0.4) is 0 Å². The van der Waals surface area contributed by atoms with Crippen LogP contribution in [-0.4, -0.2) is 11.1 Å². The van der Waals surface area contributed by atoms with Crippen LogP contribution >= 0.6 is 0 Å². The van der Waals surface area contributed by atoms with Gasteiger partial charge in [0.2, 0.25) is 0 Å². The molecule has 0 aliphatic heterocycles. The molecule has 0 heterocycles. The summed E-state index contributed by atoms with van der Waals surface area (Å²) >= 11 is 0. The minimum absolute atomic E-state index is 0.101. The highest BCUT2D eigenvalue weighted by atomic mass is 16.4. The first kappa shape index (κ1) is 14.3. The average molecular weight is 298 g/mol. The van der Waals surface area contributed by atoms with Gasteiger partial charge in [0.25, 0.3) is 0 Å². The molecule has 2 heteroatoms. The Morgan fingerprint density at radius 2 is 1.82 bits per heavy atom. The summed E-state index contributed by atoms with van der Waals surface area (Å²) in [7, 11) is 0. The minimum atomic E-state index is -0.540. The standard InChI is InChI=1S/C20H26O2/c1-14(2)18-8-15-9-19(11-18,16-6-4-3-5-7-16)13-20(10-15,12-18)17(21)22/h3-7,14-15H,8-13H2,1-2H3,(H,21,22). The molecule has 4 aliphatic rings. The van der Waals surface area contributed by atoms with Gasteiger partial charge in [0.15, 0.2) is 0 Å². The van der Waals surface area contributed by atoms with Crippen molar-refractivity contribution in [1.29, 1.82) is 0 Å².